The molecule has 2 N–H and O–H groups in total. The number of Topliss-reactive ketones (excluding diaryl/α,β-unsaturated/α-hetero) is 1. The number of nitrogens with one attached hydrogen (secondary N) is 2. The Hall–Kier alpha value is -2.41. The van der Waals surface area contributed by atoms with E-state index in [0.29, 0.717) is 32.7 Å². The summed E-state index contributed by atoms with van der Waals surface area (Å²) in [6.07, 6.45) is 3.20. The summed E-state index contributed by atoms with van der Waals surface area (Å²) < 4.78 is 46.4. The summed E-state index contributed by atoms with van der Waals surface area (Å²) in [7, 11) is 1.18. The van der Waals surface area contributed by atoms with Gasteiger partial charge in [-0.05, 0) is 6.42 Å². The van der Waals surface area contributed by atoms with Crippen molar-refractivity contribution < 1.29 is 41.9 Å². The molecule has 0 aromatic rings. The molecule has 0 spiro atoms. The van der Waals surface area contributed by atoms with Gasteiger partial charge in [-0.15, -0.1) is 0 Å². The van der Waals surface area contributed by atoms with Gasteiger partial charge >= 0.3 is 12.3 Å². The Morgan fingerprint density at radius 2 is 1.44 bits per heavy atom. The van der Waals surface area contributed by atoms with Gasteiger partial charge in [0, 0.05) is 20.1 Å². The third kappa shape index (κ3) is 26.2. The third-order valence-corrected chi connectivity index (χ3v) is 5.15. The van der Waals surface area contributed by atoms with Gasteiger partial charge in [0.25, 0.3) is 5.91 Å². The maximum atomic E-state index is 12.4. The lowest BCUT2D eigenvalue weighted by atomic mass is 10.1. The number of ether oxygens (including phenoxy) is 2. The van der Waals surface area contributed by atoms with E-state index in [9.17, 15) is 27.6 Å². The predicted octanol–water partition coefficient (Wildman–Crippen LogP) is 5.84. The van der Waals surface area contributed by atoms with Crippen LogP contribution in [0, 0.1) is 0 Å². The molecule has 244 valence electrons. The Bertz CT molecular complexity index is 678. The van der Waals surface area contributed by atoms with Gasteiger partial charge in [-0.2, -0.15) is 13.2 Å². The lowest BCUT2D eigenvalue weighted by Gasteiger charge is -2.26. The van der Waals surface area contributed by atoms with Gasteiger partial charge in [0.1, 0.15) is 0 Å². The van der Waals surface area contributed by atoms with E-state index < -0.39 is 49.1 Å². The van der Waals surface area contributed by atoms with Gasteiger partial charge in [0.05, 0.1) is 19.3 Å². The first-order valence-corrected chi connectivity index (χ1v) is 14.7. The molecule has 0 radical (unpaired) electrons. The smallest absolute Gasteiger partial charge is 0.414 e. The lowest BCUT2D eigenvalue weighted by molar-refractivity contribution is -0.183. The Balaban J connectivity index is -0.00000101. The maximum Gasteiger partial charge on any atom is 0.414 e. The van der Waals surface area contributed by atoms with Crippen molar-refractivity contribution in [2.45, 2.75) is 112 Å². The lowest BCUT2D eigenvalue weighted by Crippen LogP contribution is -2.49. The topological polar surface area (TPSA) is 119 Å². The highest BCUT2D eigenvalue weighted by molar-refractivity contribution is 6.40. The van der Waals surface area contributed by atoms with Crippen LogP contribution in [0.1, 0.15) is 99.8 Å². The second-order valence-electron chi connectivity index (χ2n) is 8.70. The van der Waals surface area contributed by atoms with Gasteiger partial charge in [0.2, 0.25) is 5.78 Å². The molecular weight excluding hydrogens is 545 g/mol. The number of nitrogens with zero attached hydrogens (tertiary/aromatic N) is 2. The highest BCUT2D eigenvalue weighted by atomic mass is 19.4. The maximum absolute atomic E-state index is 12.4. The number of ketones is 1. The van der Waals surface area contributed by atoms with Crippen LogP contribution in [0.2, 0.25) is 0 Å². The highest BCUT2D eigenvalue weighted by Gasteiger charge is 2.30. The van der Waals surface area contributed by atoms with E-state index in [1.807, 2.05) is 19.3 Å². The molecule has 0 bridgehead atoms. The zero-order valence-corrected chi connectivity index (χ0v) is 26.5. The van der Waals surface area contributed by atoms with Crippen LogP contribution >= 0.6 is 0 Å². The molecule has 0 saturated carbocycles. The molecule has 1 unspecified atom stereocenters. The van der Waals surface area contributed by atoms with Crippen LogP contribution < -0.4 is 10.8 Å². The van der Waals surface area contributed by atoms with Gasteiger partial charge in [-0.1, -0.05) is 93.4 Å². The second kappa shape index (κ2) is 29.1. The van der Waals surface area contributed by atoms with E-state index in [1.54, 1.807) is 6.92 Å². The SMILES string of the molecule is CC.CCCC(NC(=O)OCC(=O)N1CCOCC1)C(=O)C(=NC)NOCC(F)(F)F.CCCCC.CCCCC. The molecule has 1 saturated heterocycles. The van der Waals surface area contributed by atoms with Gasteiger partial charge < -0.3 is 19.7 Å². The summed E-state index contributed by atoms with van der Waals surface area (Å²) in [5.74, 6) is -1.68. The largest absolute Gasteiger partial charge is 0.439 e. The minimum Gasteiger partial charge on any atom is -0.439 e. The van der Waals surface area contributed by atoms with Gasteiger partial charge in [-0.3, -0.25) is 19.4 Å². The number of amides is 2. The molecule has 1 fully saturated rings. The average Bonchev–Trinajstić information content (AvgIpc) is 2.96. The minimum absolute atomic E-state index is 0.172. The zero-order valence-electron chi connectivity index (χ0n) is 26.5. The molecule has 13 heteroatoms. The standard InChI is InChI=1S/C16H25F3N4O6.2C5H12.C2H6/c1-3-4-11(13(25)14(20-2)22-29-10-16(17,18)19)21-15(26)28-9-12(24)23-5-7-27-8-6-23;2*1-3-5-4-2;1-2/h11H,3-10H2,1-2H3,(H,20,22)(H,21,26);2*3-5H2,1-2H3;1-2H3. The summed E-state index contributed by atoms with van der Waals surface area (Å²) in [4.78, 5) is 45.6. The van der Waals surface area contributed by atoms with Crippen LogP contribution in [0.4, 0.5) is 18.0 Å². The molecule has 1 rings (SSSR count). The van der Waals surface area contributed by atoms with Gasteiger partial charge in [0.15, 0.2) is 19.0 Å². The van der Waals surface area contributed by atoms with Crippen molar-refractivity contribution in [1.29, 1.82) is 0 Å². The minimum atomic E-state index is -4.59. The molecule has 0 aliphatic carbocycles. The molecule has 41 heavy (non-hydrogen) atoms. The van der Waals surface area contributed by atoms with E-state index in [1.165, 1.54) is 50.5 Å². The van der Waals surface area contributed by atoms with Crippen LogP contribution in [0.25, 0.3) is 0 Å². The van der Waals surface area contributed by atoms with E-state index in [-0.39, 0.29) is 6.42 Å². The van der Waals surface area contributed by atoms with Crippen LogP contribution in [0.5, 0.6) is 0 Å². The molecule has 0 aromatic heterocycles. The number of carbonyl (C=O) groups excluding carboxylic acids is 3. The molecule has 2 amide bonds. The number of hydroxylamine groups is 1. The number of amidine groups is 1. The third-order valence-electron chi connectivity index (χ3n) is 5.15. The van der Waals surface area contributed by atoms with Crippen LogP contribution in [0.3, 0.4) is 0 Å². The van der Waals surface area contributed by atoms with Crippen LogP contribution in [-0.4, -0.2) is 87.3 Å². The van der Waals surface area contributed by atoms with Crippen LogP contribution in [-0.2, 0) is 23.9 Å². The normalized spacial score (nSPS) is 13.6. The molecular formula is C28H55F3N4O6. The van der Waals surface area contributed by atoms with Crippen molar-refractivity contribution in [3.8, 4) is 0 Å². The number of carbonyl (C=O) groups is 3. The fourth-order valence-electron chi connectivity index (χ4n) is 3.04. The number of alkyl carbamates (subject to hydrolysis) is 1. The second-order valence-corrected chi connectivity index (χ2v) is 8.70. The van der Waals surface area contributed by atoms with E-state index in [4.69, 9.17) is 9.47 Å². The molecule has 1 atom stereocenters. The molecule has 1 aliphatic heterocycles. The first-order chi connectivity index (χ1) is 19.5. The van der Waals surface area contributed by atoms with Gasteiger partial charge in [-0.25, -0.2) is 10.3 Å². The first-order valence-electron chi connectivity index (χ1n) is 14.7. The Morgan fingerprint density at radius 3 is 1.83 bits per heavy atom. The fourth-order valence-corrected chi connectivity index (χ4v) is 3.04. The number of rotatable bonds is 13. The molecule has 10 nitrogen and oxygen atoms in total. The van der Waals surface area contributed by atoms with Crippen LogP contribution in [0.15, 0.2) is 4.99 Å². The predicted molar refractivity (Wildman–Crippen MR) is 156 cm³/mol. The Kier molecular flexibility index (Phi) is 30.5. The Labute approximate surface area is 245 Å². The summed E-state index contributed by atoms with van der Waals surface area (Å²) in [5, 5.41) is 2.29. The number of hydrogen-bond acceptors (Lipinski definition) is 7. The van der Waals surface area contributed by atoms with Crippen molar-refractivity contribution in [1.82, 2.24) is 15.7 Å². The van der Waals surface area contributed by atoms with Crippen molar-refractivity contribution in [2.75, 3.05) is 46.6 Å². The van der Waals surface area contributed by atoms with E-state index in [0.717, 1.165) is 0 Å². The number of aliphatic imine (C=N–C) groups is 1. The van der Waals surface area contributed by atoms with Crippen molar-refractivity contribution in [3.05, 3.63) is 0 Å². The van der Waals surface area contributed by atoms with E-state index >= 15 is 0 Å². The average molecular weight is 601 g/mol. The summed E-state index contributed by atoms with van der Waals surface area (Å²) in [6, 6.07) is -1.12. The number of alkyl halides is 3. The monoisotopic (exact) mass is 600 g/mol. The number of hydrogen-bond donors (Lipinski definition) is 2. The molecule has 0 aromatic carbocycles. The molecule has 1 heterocycles. The number of morpholine rings is 1. The summed E-state index contributed by atoms with van der Waals surface area (Å²) >= 11 is 0. The van der Waals surface area contributed by atoms with E-state index in [2.05, 4.69) is 42.8 Å². The van der Waals surface area contributed by atoms with Crippen molar-refractivity contribution in [2.24, 2.45) is 4.99 Å². The quantitative estimate of drug-likeness (QED) is 0.155. The van der Waals surface area contributed by atoms with Crippen molar-refractivity contribution in [3.63, 3.8) is 0 Å². The zero-order chi connectivity index (χ0) is 32.1. The fraction of sp³-hybridized carbons (Fsp3) is 0.857. The molecule has 1 aliphatic rings. The highest BCUT2D eigenvalue weighted by Crippen LogP contribution is 2.13. The Morgan fingerprint density at radius 1 is 0.927 bits per heavy atom. The van der Waals surface area contributed by atoms with Crippen molar-refractivity contribution >= 4 is 23.6 Å². The number of unbranched alkanes of at least 4 members (excludes halogenated alkanes) is 4. The summed E-state index contributed by atoms with van der Waals surface area (Å²) in [6.45, 7) is 14.0. The summed E-state index contributed by atoms with van der Waals surface area (Å²) in [5.41, 5.74) is 1.85. The number of halogens is 3. The first kappa shape index (κ1) is 43.0.